The van der Waals surface area contributed by atoms with Gasteiger partial charge in [-0.15, -0.1) is 0 Å². The number of rotatable bonds is 0. The second-order valence-corrected chi connectivity index (χ2v) is 3.32. The van der Waals surface area contributed by atoms with Gasteiger partial charge in [-0.3, -0.25) is 4.79 Å². The third-order valence-electron chi connectivity index (χ3n) is 2.28. The van der Waals surface area contributed by atoms with Crippen LogP contribution < -0.4 is 0 Å². The summed E-state index contributed by atoms with van der Waals surface area (Å²) in [6.07, 6.45) is -4.29. The zero-order valence-electron chi connectivity index (χ0n) is 7.88. The highest BCUT2D eigenvalue weighted by molar-refractivity contribution is 6.14. The van der Waals surface area contributed by atoms with E-state index >= 15 is 0 Å². The van der Waals surface area contributed by atoms with Crippen LogP contribution in [0.4, 0.5) is 13.2 Å². The number of hydrogen-bond donors (Lipinski definition) is 1. The first-order valence-electron chi connectivity index (χ1n) is 4.40. The van der Waals surface area contributed by atoms with Gasteiger partial charge in [-0.1, -0.05) is 24.3 Å². The molecule has 0 spiro atoms. The number of halogens is 3. The van der Waals surface area contributed by atoms with Crippen LogP contribution in [0.15, 0.2) is 30.3 Å². The standard InChI is InChI=1S/C11H6F3O2/c12-11(13,14)8-5-9(15)6-3-1-2-4-7(6)10(8)16/h1-5,15H. The normalized spacial score (nSPS) is 16.9. The smallest absolute Gasteiger partial charge is 0.406 e. The molecule has 0 unspecified atom stereocenters. The van der Waals surface area contributed by atoms with E-state index in [4.69, 9.17) is 0 Å². The Balaban J connectivity index is 2.56. The largest absolute Gasteiger partial charge is 0.508 e. The molecule has 0 aromatic heterocycles. The monoisotopic (exact) mass is 227 g/mol. The van der Waals surface area contributed by atoms with Gasteiger partial charge in [0.2, 0.25) is 0 Å². The van der Waals surface area contributed by atoms with E-state index < -0.39 is 23.6 Å². The molecule has 16 heavy (non-hydrogen) atoms. The van der Waals surface area contributed by atoms with Crippen LogP contribution in [-0.4, -0.2) is 17.1 Å². The van der Waals surface area contributed by atoms with Crippen molar-refractivity contribution in [3.05, 3.63) is 47.4 Å². The minimum Gasteiger partial charge on any atom is -0.508 e. The van der Waals surface area contributed by atoms with Gasteiger partial charge in [-0.25, -0.2) is 0 Å². The van der Waals surface area contributed by atoms with Crippen LogP contribution in [0, 0.1) is 5.92 Å². The second-order valence-electron chi connectivity index (χ2n) is 3.32. The van der Waals surface area contributed by atoms with E-state index in [-0.39, 0.29) is 11.1 Å². The highest BCUT2D eigenvalue weighted by Gasteiger charge is 2.47. The predicted octanol–water partition coefficient (Wildman–Crippen LogP) is 2.92. The van der Waals surface area contributed by atoms with E-state index in [1.54, 1.807) is 0 Å². The first kappa shape index (κ1) is 10.7. The summed E-state index contributed by atoms with van der Waals surface area (Å²) in [6.45, 7) is 0. The number of alkyl halides is 3. The lowest BCUT2D eigenvalue weighted by molar-refractivity contribution is -0.103. The molecule has 2 rings (SSSR count). The molecular formula is C11H6F3O2. The molecule has 0 saturated heterocycles. The van der Waals surface area contributed by atoms with Crippen molar-refractivity contribution in [2.45, 2.75) is 6.18 Å². The molecule has 83 valence electrons. The number of carbonyl (C=O) groups is 1. The Morgan fingerprint density at radius 2 is 1.62 bits per heavy atom. The van der Waals surface area contributed by atoms with Gasteiger partial charge in [0.05, 0.1) is 0 Å². The van der Waals surface area contributed by atoms with Crippen molar-refractivity contribution in [3.8, 4) is 0 Å². The minimum atomic E-state index is -4.75. The van der Waals surface area contributed by atoms with Gasteiger partial charge in [0.1, 0.15) is 5.76 Å². The van der Waals surface area contributed by atoms with E-state index in [0.717, 1.165) is 0 Å². The van der Waals surface area contributed by atoms with Crippen LogP contribution in [-0.2, 0) is 0 Å². The summed E-state index contributed by atoms with van der Waals surface area (Å²) in [5.74, 6) is -2.99. The Labute approximate surface area is 89.0 Å². The van der Waals surface area contributed by atoms with Crippen LogP contribution in [0.5, 0.6) is 0 Å². The van der Waals surface area contributed by atoms with Crippen LogP contribution in [0.2, 0.25) is 0 Å². The molecule has 1 radical (unpaired) electrons. The van der Waals surface area contributed by atoms with Gasteiger partial charge < -0.3 is 5.11 Å². The summed E-state index contributed by atoms with van der Waals surface area (Å²) in [7, 11) is 0. The molecule has 0 aliphatic heterocycles. The molecule has 1 aromatic carbocycles. The van der Waals surface area contributed by atoms with Gasteiger partial charge in [0, 0.05) is 11.1 Å². The zero-order valence-corrected chi connectivity index (χ0v) is 7.88. The highest BCUT2D eigenvalue weighted by Crippen LogP contribution is 2.38. The number of allylic oxidation sites excluding steroid dienone is 1. The molecular weight excluding hydrogens is 221 g/mol. The number of carbonyl (C=O) groups excluding carboxylic acids is 1. The Morgan fingerprint density at radius 3 is 2.19 bits per heavy atom. The third-order valence-corrected chi connectivity index (χ3v) is 2.28. The van der Waals surface area contributed by atoms with Crippen molar-refractivity contribution in [1.82, 2.24) is 0 Å². The molecule has 0 fully saturated rings. The molecule has 5 heteroatoms. The first-order valence-corrected chi connectivity index (χ1v) is 4.40. The molecule has 0 amide bonds. The average molecular weight is 227 g/mol. The lowest BCUT2D eigenvalue weighted by Gasteiger charge is -2.21. The number of fused-ring (bicyclic) bond motifs is 1. The number of aliphatic hydroxyl groups excluding tert-OH is 1. The Morgan fingerprint density at radius 1 is 1.06 bits per heavy atom. The molecule has 1 N–H and O–H groups in total. The van der Waals surface area contributed by atoms with Crippen molar-refractivity contribution in [2.24, 2.45) is 0 Å². The fraction of sp³-hybridized carbons (Fsp3) is 0.0909. The Kier molecular flexibility index (Phi) is 2.26. The maximum atomic E-state index is 12.4. The van der Waals surface area contributed by atoms with Crippen LogP contribution in [0.1, 0.15) is 15.9 Å². The van der Waals surface area contributed by atoms with Crippen LogP contribution in [0.3, 0.4) is 0 Å². The number of Topliss-reactive ketones (excluding diaryl/α,β-unsaturated/α-hetero) is 1. The van der Waals surface area contributed by atoms with Crippen molar-refractivity contribution < 1.29 is 23.1 Å². The Bertz CT molecular complexity index is 474. The van der Waals surface area contributed by atoms with Crippen molar-refractivity contribution >= 4 is 11.5 Å². The van der Waals surface area contributed by atoms with E-state index in [2.05, 4.69) is 0 Å². The summed E-state index contributed by atoms with van der Waals surface area (Å²) < 4.78 is 37.3. The van der Waals surface area contributed by atoms with E-state index in [9.17, 15) is 23.1 Å². The van der Waals surface area contributed by atoms with Gasteiger partial charge in [-0.2, -0.15) is 13.2 Å². The third kappa shape index (κ3) is 1.58. The van der Waals surface area contributed by atoms with Gasteiger partial charge in [-0.05, 0) is 6.08 Å². The van der Waals surface area contributed by atoms with Gasteiger partial charge in [0.25, 0.3) is 0 Å². The molecule has 1 aromatic rings. The average Bonchev–Trinajstić information content (AvgIpc) is 2.22. The first-order chi connectivity index (χ1) is 7.41. The van der Waals surface area contributed by atoms with Crippen molar-refractivity contribution in [3.63, 3.8) is 0 Å². The molecule has 0 saturated carbocycles. The fourth-order valence-electron chi connectivity index (χ4n) is 1.54. The SMILES string of the molecule is O=C1[C](C(F)(F)F)C=C(O)c2ccccc21. The van der Waals surface area contributed by atoms with Gasteiger partial charge >= 0.3 is 6.18 Å². The fourth-order valence-corrected chi connectivity index (χ4v) is 1.54. The quantitative estimate of drug-likeness (QED) is 0.739. The number of ketones is 1. The van der Waals surface area contributed by atoms with Crippen LogP contribution >= 0.6 is 0 Å². The number of aliphatic hydroxyl groups is 1. The lowest BCUT2D eigenvalue weighted by Crippen LogP contribution is -2.30. The molecule has 0 atom stereocenters. The number of benzene rings is 1. The van der Waals surface area contributed by atoms with E-state index in [0.29, 0.717) is 6.08 Å². The Hall–Kier alpha value is -1.78. The van der Waals surface area contributed by atoms with Crippen molar-refractivity contribution in [2.75, 3.05) is 0 Å². The van der Waals surface area contributed by atoms with Crippen LogP contribution in [0.25, 0.3) is 5.76 Å². The maximum absolute atomic E-state index is 12.4. The lowest BCUT2D eigenvalue weighted by atomic mass is 9.87. The van der Waals surface area contributed by atoms with E-state index in [1.165, 1.54) is 24.3 Å². The molecule has 1 aliphatic carbocycles. The predicted molar refractivity (Wildman–Crippen MR) is 50.7 cm³/mol. The summed E-state index contributed by atoms with van der Waals surface area (Å²) >= 11 is 0. The summed E-state index contributed by atoms with van der Waals surface area (Å²) in [4.78, 5) is 11.5. The molecule has 2 nitrogen and oxygen atoms in total. The maximum Gasteiger partial charge on any atom is 0.406 e. The highest BCUT2D eigenvalue weighted by atomic mass is 19.4. The van der Waals surface area contributed by atoms with Crippen molar-refractivity contribution in [1.29, 1.82) is 0 Å². The summed E-state index contributed by atoms with van der Waals surface area (Å²) in [6, 6.07) is 5.64. The summed E-state index contributed by atoms with van der Waals surface area (Å²) in [5.41, 5.74) is -0.00433. The second kappa shape index (κ2) is 3.37. The summed E-state index contributed by atoms with van der Waals surface area (Å²) in [5, 5.41) is 9.40. The zero-order chi connectivity index (χ0) is 11.9. The minimum absolute atomic E-state index is 0.125. The van der Waals surface area contributed by atoms with Gasteiger partial charge in [0.15, 0.2) is 11.7 Å². The number of hydrogen-bond acceptors (Lipinski definition) is 2. The van der Waals surface area contributed by atoms with E-state index in [1.807, 2.05) is 0 Å². The molecule has 0 heterocycles. The topological polar surface area (TPSA) is 37.3 Å². The molecule has 0 bridgehead atoms. The molecule has 1 aliphatic rings.